The smallest absolute Gasteiger partial charge is 0.192 e. The van der Waals surface area contributed by atoms with Crippen molar-refractivity contribution >= 4 is 33.5 Å². The topological polar surface area (TPSA) is 22.0 Å². The number of aromatic nitrogens is 1. The van der Waals surface area contributed by atoms with E-state index < -0.39 is 0 Å². The summed E-state index contributed by atoms with van der Waals surface area (Å²) in [5.41, 5.74) is 1.92. The van der Waals surface area contributed by atoms with Crippen molar-refractivity contribution < 1.29 is 0 Å². The van der Waals surface area contributed by atoms with Crippen molar-refractivity contribution in [2.45, 2.75) is 6.92 Å². The Morgan fingerprint density at radius 1 is 1.36 bits per heavy atom. The first kappa shape index (κ1) is 9.71. The van der Waals surface area contributed by atoms with Gasteiger partial charge in [0.25, 0.3) is 0 Å². The fourth-order valence-corrected chi connectivity index (χ4v) is 2.12. The van der Waals surface area contributed by atoms with E-state index in [2.05, 4.69) is 22.6 Å². The van der Waals surface area contributed by atoms with Crippen LogP contribution in [0.1, 0.15) is 5.56 Å². The Morgan fingerprint density at radius 2 is 2.07 bits per heavy atom. The van der Waals surface area contributed by atoms with Gasteiger partial charge in [0.2, 0.25) is 0 Å². The SMILES string of the molecule is Cc1cn(C)c2ccc(I)cc2c1=O. The molecule has 0 radical (unpaired) electrons. The van der Waals surface area contributed by atoms with Crippen LogP contribution in [-0.2, 0) is 7.05 Å². The van der Waals surface area contributed by atoms with E-state index in [4.69, 9.17) is 0 Å². The molecule has 2 rings (SSSR count). The molecule has 0 N–H and O–H groups in total. The third-order valence-electron chi connectivity index (χ3n) is 2.33. The zero-order chi connectivity index (χ0) is 10.3. The van der Waals surface area contributed by atoms with E-state index in [1.54, 1.807) is 0 Å². The summed E-state index contributed by atoms with van der Waals surface area (Å²) in [6.07, 6.45) is 1.87. The highest BCUT2D eigenvalue weighted by Crippen LogP contribution is 2.14. The Morgan fingerprint density at radius 3 is 2.79 bits per heavy atom. The van der Waals surface area contributed by atoms with Crippen LogP contribution in [0.3, 0.4) is 0 Å². The molecule has 0 saturated carbocycles. The molecule has 0 aliphatic rings. The second-order valence-electron chi connectivity index (χ2n) is 3.41. The van der Waals surface area contributed by atoms with E-state index in [9.17, 15) is 4.79 Å². The molecule has 3 heteroatoms. The largest absolute Gasteiger partial charge is 0.350 e. The van der Waals surface area contributed by atoms with Crippen LogP contribution in [0, 0.1) is 10.5 Å². The number of pyridine rings is 1. The lowest BCUT2D eigenvalue weighted by atomic mass is 10.1. The van der Waals surface area contributed by atoms with Gasteiger partial charge in [-0.3, -0.25) is 4.79 Å². The fraction of sp³-hybridized carbons (Fsp3) is 0.182. The second-order valence-corrected chi connectivity index (χ2v) is 4.66. The van der Waals surface area contributed by atoms with Crippen LogP contribution >= 0.6 is 22.6 Å². The maximum absolute atomic E-state index is 11.8. The summed E-state index contributed by atoms with van der Waals surface area (Å²) < 4.78 is 3.08. The Bertz CT molecular complexity index is 557. The normalized spacial score (nSPS) is 10.8. The summed E-state index contributed by atoms with van der Waals surface area (Å²) in [5, 5.41) is 0.805. The number of halogens is 1. The van der Waals surface area contributed by atoms with Gasteiger partial charge >= 0.3 is 0 Å². The predicted octanol–water partition coefficient (Wildman–Crippen LogP) is 2.45. The van der Waals surface area contributed by atoms with Gasteiger partial charge in [-0.2, -0.15) is 0 Å². The number of aryl methyl sites for hydroxylation is 2. The standard InChI is InChI=1S/C11H10INO/c1-7-6-13(2)10-4-3-8(12)5-9(10)11(7)14/h3-6H,1-2H3. The van der Waals surface area contributed by atoms with Crippen LogP contribution < -0.4 is 5.43 Å². The predicted molar refractivity (Wildman–Crippen MR) is 66.6 cm³/mol. The van der Waals surface area contributed by atoms with Gasteiger partial charge in [-0.15, -0.1) is 0 Å². The van der Waals surface area contributed by atoms with E-state index >= 15 is 0 Å². The molecule has 2 nitrogen and oxygen atoms in total. The lowest BCUT2D eigenvalue weighted by Crippen LogP contribution is -2.10. The van der Waals surface area contributed by atoms with E-state index in [-0.39, 0.29) is 5.43 Å². The third kappa shape index (κ3) is 1.45. The number of hydrogen-bond donors (Lipinski definition) is 0. The molecular weight excluding hydrogens is 289 g/mol. The molecule has 2 aromatic rings. The molecule has 0 spiro atoms. The van der Waals surface area contributed by atoms with Crippen molar-refractivity contribution in [3.8, 4) is 0 Å². The highest BCUT2D eigenvalue weighted by atomic mass is 127. The number of rotatable bonds is 0. The molecule has 1 heterocycles. The highest BCUT2D eigenvalue weighted by molar-refractivity contribution is 14.1. The monoisotopic (exact) mass is 299 g/mol. The van der Waals surface area contributed by atoms with E-state index in [0.29, 0.717) is 0 Å². The molecule has 0 fully saturated rings. The quantitative estimate of drug-likeness (QED) is 0.685. The van der Waals surface area contributed by atoms with E-state index in [0.717, 1.165) is 20.0 Å². The van der Waals surface area contributed by atoms with Gasteiger partial charge in [-0.1, -0.05) is 0 Å². The molecule has 0 saturated heterocycles. The molecule has 0 unspecified atom stereocenters. The summed E-state index contributed by atoms with van der Waals surface area (Å²) in [6.45, 7) is 1.85. The summed E-state index contributed by atoms with van der Waals surface area (Å²) in [5.74, 6) is 0. The van der Waals surface area contributed by atoms with Crippen molar-refractivity contribution in [1.29, 1.82) is 0 Å². The molecule has 0 amide bonds. The molecule has 0 aliphatic carbocycles. The fourth-order valence-electron chi connectivity index (χ4n) is 1.63. The van der Waals surface area contributed by atoms with Gasteiger partial charge in [0, 0.05) is 27.8 Å². The van der Waals surface area contributed by atoms with Gasteiger partial charge in [-0.05, 0) is 47.7 Å². The Balaban J connectivity index is 3.03. The maximum Gasteiger partial charge on any atom is 0.192 e. The molecule has 0 bridgehead atoms. The summed E-state index contributed by atoms with van der Waals surface area (Å²) in [4.78, 5) is 11.8. The highest BCUT2D eigenvalue weighted by Gasteiger charge is 2.03. The number of hydrogen-bond acceptors (Lipinski definition) is 1. The van der Waals surface area contributed by atoms with Crippen LogP contribution in [0.4, 0.5) is 0 Å². The van der Waals surface area contributed by atoms with Crippen LogP contribution in [0.15, 0.2) is 29.2 Å². The lowest BCUT2D eigenvalue weighted by Gasteiger charge is -2.06. The van der Waals surface area contributed by atoms with Gasteiger partial charge in [-0.25, -0.2) is 0 Å². The Labute approximate surface area is 95.7 Å². The van der Waals surface area contributed by atoms with Crippen molar-refractivity contribution in [3.05, 3.63) is 43.8 Å². The zero-order valence-corrected chi connectivity index (χ0v) is 10.2. The van der Waals surface area contributed by atoms with Crippen molar-refractivity contribution in [2.24, 2.45) is 7.05 Å². The molecule has 0 atom stereocenters. The summed E-state index contributed by atoms with van der Waals surface area (Å²) in [6, 6.07) is 5.93. The van der Waals surface area contributed by atoms with E-state index in [1.807, 2.05) is 42.9 Å². The van der Waals surface area contributed by atoms with Crippen molar-refractivity contribution in [3.63, 3.8) is 0 Å². The van der Waals surface area contributed by atoms with Gasteiger partial charge in [0.05, 0.1) is 5.52 Å². The molecule has 14 heavy (non-hydrogen) atoms. The van der Waals surface area contributed by atoms with Crippen LogP contribution in [0.2, 0.25) is 0 Å². The molecule has 1 aromatic carbocycles. The van der Waals surface area contributed by atoms with Crippen LogP contribution in [-0.4, -0.2) is 4.57 Å². The molecule has 1 aromatic heterocycles. The Kier molecular flexibility index (Phi) is 2.34. The summed E-state index contributed by atoms with van der Waals surface area (Å²) >= 11 is 2.22. The van der Waals surface area contributed by atoms with Gasteiger partial charge in [0.15, 0.2) is 5.43 Å². The first-order valence-electron chi connectivity index (χ1n) is 4.35. The second kappa shape index (κ2) is 3.38. The lowest BCUT2D eigenvalue weighted by molar-refractivity contribution is 0.938. The average molecular weight is 299 g/mol. The Hall–Kier alpha value is -0.840. The number of nitrogens with zero attached hydrogens (tertiary/aromatic N) is 1. The van der Waals surface area contributed by atoms with Crippen LogP contribution in [0.5, 0.6) is 0 Å². The number of fused-ring (bicyclic) bond motifs is 1. The third-order valence-corrected chi connectivity index (χ3v) is 3.00. The molecule has 0 aliphatic heterocycles. The minimum absolute atomic E-state index is 0.136. The minimum Gasteiger partial charge on any atom is -0.350 e. The van der Waals surface area contributed by atoms with Crippen molar-refractivity contribution in [1.82, 2.24) is 4.57 Å². The first-order chi connectivity index (χ1) is 6.59. The van der Waals surface area contributed by atoms with Crippen molar-refractivity contribution in [2.75, 3.05) is 0 Å². The zero-order valence-electron chi connectivity index (χ0n) is 8.04. The van der Waals surface area contributed by atoms with E-state index in [1.165, 1.54) is 0 Å². The minimum atomic E-state index is 0.136. The van der Waals surface area contributed by atoms with Gasteiger partial charge in [0.1, 0.15) is 0 Å². The van der Waals surface area contributed by atoms with Crippen LogP contribution in [0.25, 0.3) is 10.9 Å². The average Bonchev–Trinajstić information content (AvgIpc) is 2.14. The number of benzene rings is 1. The molecule has 72 valence electrons. The van der Waals surface area contributed by atoms with Gasteiger partial charge < -0.3 is 4.57 Å². The summed E-state index contributed by atoms with van der Waals surface area (Å²) in [7, 11) is 1.96. The maximum atomic E-state index is 11.8. The first-order valence-corrected chi connectivity index (χ1v) is 5.43. The molecular formula is C11H10INO.